The topological polar surface area (TPSA) is 55.2 Å². The number of hydrogen-bond donors (Lipinski definition) is 1. The van der Waals surface area contributed by atoms with Crippen molar-refractivity contribution < 1.29 is 18.1 Å². The fraction of sp³-hybridized carbons (Fsp3) is 0.571. The molecule has 7 heteroatoms. The van der Waals surface area contributed by atoms with Gasteiger partial charge in [0.25, 0.3) is 5.69 Å². The summed E-state index contributed by atoms with van der Waals surface area (Å²) in [6, 6.07) is 3.21. The molecule has 1 fully saturated rings. The van der Waals surface area contributed by atoms with Crippen molar-refractivity contribution in [3.8, 4) is 0 Å². The highest BCUT2D eigenvalue weighted by Crippen LogP contribution is 2.38. The van der Waals surface area contributed by atoms with E-state index in [1.54, 1.807) is 0 Å². The Morgan fingerprint density at radius 1 is 1.24 bits per heavy atom. The smallest absolute Gasteiger partial charge is 0.382 e. The summed E-state index contributed by atoms with van der Waals surface area (Å²) in [6.07, 6.45) is -0.853. The first-order valence-corrected chi connectivity index (χ1v) is 6.89. The molecule has 1 aromatic rings. The average Bonchev–Trinajstić information content (AvgIpc) is 2.40. The predicted molar refractivity (Wildman–Crippen MR) is 73.1 cm³/mol. The quantitative estimate of drug-likeness (QED) is 0.655. The van der Waals surface area contributed by atoms with Crippen LogP contribution in [0, 0.1) is 16.0 Å². The molecular formula is C14H17F3N2O2. The maximum atomic E-state index is 12.9. The van der Waals surface area contributed by atoms with Crippen LogP contribution in [-0.4, -0.2) is 11.0 Å². The van der Waals surface area contributed by atoms with Gasteiger partial charge in [-0.25, -0.2) is 0 Å². The average molecular weight is 302 g/mol. The van der Waals surface area contributed by atoms with Gasteiger partial charge < -0.3 is 5.32 Å². The first kappa shape index (κ1) is 15.6. The highest BCUT2D eigenvalue weighted by molar-refractivity contribution is 5.55. The van der Waals surface area contributed by atoms with Crippen molar-refractivity contribution in [3.63, 3.8) is 0 Å². The summed E-state index contributed by atoms with van der Waals surface area (Å²) in [7, 11) is 0. The fourth-order valence-electron chi connectivity index (χ4n) is 2.65. The zero-order valence-electron chi connectivity index (χ0n) is 11.6. The molecule has 0 radical (unpaired) electrons. The molecule has 1 aliphatic carbocycles. The molecule has 0 atom stereocenters. The molecule has 0 aromatic heterocycles. The van der Waals surface area contributed by atoms with Crippen LogP contribution < -0.4 is 5.32 Å². The Kier molecular flexibility index (Phi) is 4.39. The molecule has 0 spiro atoms. The Labute approximate surface area is 120 Å². The van der Waals surface area contributed by atoms with E-state index < -0.39 is 22.4 Å². The molecule has 4 nitrogen and oxygen atoms in total. The van der Waals surface area contributed by atoms with E-state index in [0.717, 1.165) is 37.8 Å². The summed E-state index contributed by atoms with van der Waals surface area (Å²) < 4.78 is 38.7. The van der Waals surface area contributed by atoms with Gasteiger partial charge >= 0.3 is 6.18 Å². The zero-order valence-corrected chi connectivity index (χ0v) is 11.6. The molecule has 0 aliphatic heterocycles. The molecule has 1 N–H and O–H groups in total. The normalized spacial score (nSPS) is 22.9. The van der Waals surface area contributed by atoms with Gasteiger partial charge in [-0.3, -0.25) is 10.1 Å². The zero-order chi connectivity index (χ0) is 15.6. The summed E-state index contributed by atoms with van der Waals surface area (Å²) in [5, 5.41) is 13.7. The molecule has 116 valence electrons. The number of nitro groups is 1. The maximum absolute atomic E-state index is 12.9. The minimum Gasteiger partial charge on any atom is -0.382 e. The summed E-state index contributed by atoms with van der Waals surface area (Å²) in [5.74, 6) is 0.644. The van der Waals surface area contributed by atoms with Crippen LogP contribution in [0.3, 0.4) is 0 Å². The van der Waals surface area contributed by atoms with Gasteiger partial charge in [0.1, 0.15) is 5.56 Å². The number of anilines is 1. The van der Waals surface area contributed by atoms with Crippen molar-refractivity contribution >= 4 is 11.4 Å². The number of nitro benzene ring substituents is 1. The first-order valence-electron chi connectivity index (χ1n) is 6.89. The molecule has 1 aromatic carbocycles. The molecule has 0 unspecified atom stereocenters. The Balaban J connectivity index is 2.20. The largest absolute Gasteiger partial charge is 0.423 e. The van der Waals surface area contributed by atoms with Gasteiger partial charge in [0.05, 0.1) is 4.92 Å². The molecule has 21 heavy (non-hydrogen) atoms. The van der Waals surface area contributed by atoms with Crippen molar-refractivity contribution in [2.75, 3.05) is 5.32 Å². The van der Waals surface area contributed by atoms with Crippen molar-refractivity contribution in [2.24, 2.45) is 5.92 Å². The summed E-state index contributed by atoms with van der Waals surface area (Å²) >= 11 is 0. The van der Waals surface area contributed by atoms with Crippen LogP contribution in [0.4, 0.5) is 24.5 Å². The van der Waals surface area contributed by atoms with Crippen LogP contribution in [0.1, 0.15) is 38.2 Å². The van der Waals surface area contributed by atoms with Gasteiger partial charge in [0, 0.05) is 17.8 Å². The van der Waals surface area contributed by atoms with Crippen LogP contribution in [-0.2, 0) is 6.18 Å². The lowest BCUT2D eigenvalue weighted by atomic mass is 9.87. The summed E-state index contributed by atoms with van der Waals surface area (Å²) in [6.45, 7) is 2.16. The lowest BCUT2D eigenvalue weighted by molar-refractivity contribution is -0.388. The van der Waals surface area contributed by atoms with Crippen LogP contribution in [0.5, 0.6) is 0 Å². The van der Waals surface area contributed by atoms with Crippen molar-refractivity contribution in [3.05, 3.63) is 33.9 Å². The molecule has 1 aliphatic rings. The van der Waals surface area contributed by atoms with E-state index in [9.17, 15) is 23.3 Å². The van der Waals surface area contributed by atoms with Crippen LogP contribution in [0.2, 0.25) is 0 Å². The molecule has 0 heterocycles. The van der Waals surface area contributed by atoms with Crippen LogP contribution >= 0.6 is 0 Å². The SMILES string of the molecule is C[C@H]1CC[C@H](Nc2ccc([N+](=O)[O-])c(C(F)(F)F)c2)CC1. The van der Waals surface area contributed by atoms with Crippen LogP contribution in [0.25, 0.3) is 0 Å². The third kappa shape index (κ3) is 3.86. The minimum atomic E-state index is -4.73. The lowest BCUT2D eigenvalue weighted by Crippen LogP contribution is -2.25. The highest BCUT2D eigenvalue weighted by Gasteiger charge is 2.38. The van der Waals surface area contributed by atoms with Gasteiger partial charge in [-0.1, -0.05) is 6.92 Å². The Bertz CT molecular complexity index is 523. The second-order valence-electron chi connectivity index (χ2n) is 5.59. The number of alkyl halides is 3. The van der Waals surface area contributed by atoms with Crippen LogP contribution in [0.15, 0.2) is 18.2 Å². The first-order chi connectivity index (χ1) is 9.77. The highest BCUT2D eigenvalue weighted by atomic mass is 19.4. The van der Waals surface area contributed by atoms with Crippen molar-refractivity contribution in [1.82, 2.24) is 0 Å². The van der Waals surface area contributed by atoms with E-state index in [1.165, 1.54) is 6.07 Å². The second kappa shape index (κ2) is 5.91. The third-order valence-electron chi connectivity index (χ3n) is 3.89. The number of nitrogens with zero attached hydrogens (tertiary/aromatic N) is 1. The number of halogens is 3. The molecule has 2 rings (SSSR count). The molecular weight excluding hydrogens is 285 g/mol. The van der Waals surface area contributed by atoms with E-state index in [-0.39, 0.29) is 11.7 Å². The molecule has 0 bridgehead atoms. The Morgan fingerprint density at radius 2 is 1.86 bits per heavy atom. The van der Waals surface area contributed by atoms with Crippen molar-refractivity contribution in [1.29, 1.82) is 0 Å². The maximum Gasteiger partial charge on any atom is 0.423 e. The number of benzene rings is 1. The Hall–Kier alpha value is -1.79. The van der Waals surface area contributed by atoms with E-state index in [2.05, 4.69) is 12.2 Å². The molecule has 1 saturated carbocycles. The molecule has 0 saturated heterocycles. The van der Waals surface area contributed by atoms with Gasteiger partial charge in [0.2, 0.25) is 0 Å². The van der Waals surface area contributed by atoms with Crippen molar-refractivity contribution in [2.45, 2.75) is 44.8 Å². The van der Waals surface area contributed by atoms with Gasteiger partial charge in [0.15, 0.2) is 0 Å². The molecule has 0 amide bonds. The minimum absolute atomic E-state index is 0.128. The third-order valence-corrected chi connectivity index (χ3v) is 3.89. The number of rotatable bonds is 3. The lowest BCUT2D eigenvalue weighted by Gasteiger charge is -2.27. The van der Waals surface area contributed by atoms with E-state index in [4.69, 9.17) is 0 Å². The standard InChI is InChI=1S/C14H17F3N2O2/c1-9-2-4-10(5-3-9)18-11-6-7-13(19(20)21)12(8-11)14(15,16)17/h6-10,18H,2-5H2,1H3/t9-,10-. The summed E-state index contributed by atoms with van der Waals surface area (Å²) in [5.41, 5.74) is -1.83. The van der Waals surface area contributed by atoms with E-state index in [0.29, 0.717) is 5.92 Å². The second-order valence-corrected chi connectivity index (χ2v) is 5.59. The number of nitrogens with one attached hydrogen (secondary N) is 1. The fourth-order valence-corrected chi connectivity index (χ4v) is 2.65. The summed E-state index contributed by atoms with van der Waals surface area (Å²) in [4.78, 5) is 9.69. The van der Waals surface area contributed by atoms with E-state index in [1.807, 2.05) is 0 Å². The van der Waals surface area contributed by atoms with E-state index >= 15 is 0 Å². The number of hydrogen-bond acceptors (Lipinski definition) is 3. The van der Waals surface area contributed by atoms with Gasteiger partial charge in [-0.05, 0) is 43.7 Å². The Morgan fingerprint density at radius 3 is 2.38 bits per heavy atom. The predicted octanol–water partition coefficient (Wildman–Crippen LogP) is 4.60. The monoisotopic (exact) mass is 302 g/mol. The van der Waals surface area contributed by atoms with Gasteiger partial charge in [-0.15, -0.1) is 0 Å². The van der Waals surface area contributed by atoms with Gasteiger partial charge in [-0.2, -0.15) is 13.2 Å².